The zero-order valence-electron chi connectivity index (χ0n) is 8.55. The Kier molecular flexibility index (Phi) is 4.52. The van der Waals surface area contributed by atoms with Crippen molar-refractivity contribution in [1.82, 2.24) is 5.48 Å². The average molecular weight is 231 g/mol. The van der Waals surface area contributed by atoms with Crippen molar-refractivity contribution in [3.63, 3.8) is 0 Å². The molecule has 1 rings (SSSR count). The lowest BCUT2D eigenvalue weighted by molar-refractivity contribution is -0.137. The highest BCUT2D eigenvalue weighted by Gasteiger charge is 2.29. The van der Waals surface area contributed by atoms with Gasteiger partial charge in [-0.1, -0.05) is 18.2 Å². The number of hydroxylamine groups is 1. The van der Waals surface area contributed by atoms with Crippen molar-refractivity contribution in [3.8, 4) is 0 Å². The first kappa shape index (κ1) is 12.7. The minimum Gasteiger partial charge on any atom is -0.297 e. The Morgan fingerprint density at radius 1 is 1.25 bits per heavy atom. The molecule has 0 fully saturated rings. The second-order valence-electron chi connectivity index (χ2n) is 3.12. The van der Waals surface area contributed by atoms with Gasteiger partial charge in [-0.15, -0.1) is 6.58 Å². The third kappa shape index (κ3) is 4.04. The van der Waals surface area contributed by atoms with Gasteiger partial charge in [-0.3, -0.25) is 4.84 Å². The molecule has 0 atom stereocenters. The van der Waals surface area contributed by atoms with Gasteiger partial charge in [0.25, 0.3) is 0 Å². The summed E-state index contributed by atoms with van der Waals surface area (Å²) in [4.78, 5) is 4.89. The first-order chi connectivity index (χ1) is 7.54. The lowest BCUT2D eigenvalue weighted by Gasteiger charge is -2.08. The summed E-state index contributed by atoms with van der Waals surface area (Å²) < 4.78 is 36.7. The standard InChI is InChI=1S/C11H12F3NO/c1-2-7-16-15-8-9-3-5-10(6-4-9)11(12,13)14/h2-6,15H,1,7-8H2. The van der Waals surface area contributed by atoms with Crippen LogP contribution >= 0.6 is 0 Å². The molecule has 0 radical (unpaired) electrons. The molecule has 0 spiro atoms. The van der Waals surface area contributed by atoms with E-state index in [1.54, 1.807) is 6.08 Å². The van der Waals surface area contributed by atoms with E-state index < -0.39 is 11.7 Å². The summed E-state index contributed by atoms with van der Waals surface area (Å²) in [5.41, 5.74) is 2.68. The van der Waals surface area contributed by atoms with Crippen LogP contribution in [-0.4, -0.2) is 6.61 Å². The van der Waals surface area contributed by atoms with Gasteiger partial charge < -0.3 is 0 Å². The first-order valence-corrected chi connectivity index (χ1v) is 4.65. The van der Waals surface area contributed by atoms with Crippen LogP contribution in [0.3, 0.4) is 0 Å². The molecule has 2 nitrogen and oxygen atoms in total. The van der Waals surface area contributed by atoms with Gasteiger partial charge >= 0.3 is 6.18 Å². The molecule has 0 saturated heterocycles. The molecule has 0 aliphatic rings. The molecule has 88 valence electrons. The summed E-state index contributed by atoms with van der Waals surface area (Å²) in [6.45, 7) is 4.15. The van der Waals surface area contributed by atoms with E-state index in [-0.39, 0.29) is 0 Å². The Balaban J connectivity index is 2.48. The molecule has 1 N–H and O–H groups in total. The van der Waals surface area contributed by atoms with Gasteiger partial charge in [0, 0.05) is 6.54 Å². The number of alkyl halides is 3. The van der Waals surface area contributed by atoms with Crippen LogP contribution in [0, 0.1) is 0 Å². The van der Waals surface area contributed by atoms with Crippen LogP contribution in [0.5, 0.6) is 0 Å². The molecule has 0 unspecified atom stereocenters. The molecule has 0 saturated carbocycles. The molecule has 1 aromatic carbocycles. The SMILES string of the molecule is C=CCONCc1ccc(C(F)(F)F)cc1. The van der Waals surface area contributed by atoms with Crippen molar-refractivity contribution in [2.45, 2.75) is 12.7 Å². The van der Waals surface area contributed by atoms with Gasteiger partial charge in [0.2, 0.25) is 0 Å². The van der Waals surface area contributed by atoms with Gasteiger partial charge in [-0.25, -0.2) is 0 Å². The molecule has 0 amide bonds. The number of benzene rings is 1. The van der Waals surface area contributed by atoms with E-state index in [1.165, 1.54) is 12.1 Å². The van der Waals surface area contributed by atoms with E-state index in [0.29, 0.717) is 13.2 Å². The number of hydrogen-bond donors (Lipinski definition) is 1. The molecule has 0 aromatic heterocycles. The van der Waals surface area contributed by atoms with Crippen molar-refractivity contribution >= 4 is 0 Å². The quantitative estimate of drug-likeness (QED) is 0.478. The first-order valence-electron chi connectivity index (χ1n) is 4.65. The maximum Gasteiger partial charge on any atom is 0.416 e. The summed E-state index contributed by atoms with van der Waals surface area (Å²) in [5.74, 6) is 0. The van der Waals surface area contributed by atoms with Crippen molar-refractivity contribution in [2.75, 3.05) is 6.61 Å². The Labute approximate surface area is 91.7 Å². The summed E-state index contributed by atoms with van der Waals surface area (Å²) in [7, 11) is 0. The molecular weight excluding hydrogens is 219 g/mol. The normalized spacial score (nSPS) is 11.4. The molecule has 0 aliphatic carbocycles. The molecule has 16 heavy (non-hydrogen) atoms. The maximum absolute atomic E-state index is 12.2. The van der Waals surface area contributed by atoms with Gasteiger partial charge in [0.05, 0.1) is 12.2 Å². The van der Waals surface area contributed by atoms with Crippen LogP contribution in [0.1, 0.15) is 11.1 Å². The molecule has 0 bridgehead atoms. The minimum atomic E-state index is -4.29. The van der Waals surface area contributed by atoms with Gasteiger partial charge in [-0.2, -0.15) is 18.7 Å². The second kappa shape index (κ2) is 5.67. The van der Waals surface area contributed by atoms with E-state index in [9.17, 15) is 13.2 Å². The van der Waals surface area contributed by atoms with Crippen LogP contribution in [-0.2, 0) is 17.6 Å². The lowest BCUT2D eigenvalue weighted by Crippen LogP contribution is -2.14. The highest BCUT2D eigenvalue weighted by molar-refractivity contribution is 5.24. The smallest absolute Gasteiger partial charge is 0.297 e. The van der Waals surface area contributed by atoms with Crippen LogP contribution < -0.4 is 5.48 Å². The summed E-state index contributed by atoms with van der Waals surface area (Å²) in [5, 5.41) is 0. The van der Waals surface area contributed by atoms with E-state index >= 15 is 0 Å². The molecule has 0 aliphatic heterocycles. The fourth-order valence-electron chi connectivity index (χ4n) is 1.06. The number of rotatable bonds is 5. The molecular formula is C11H12F3NO. The van der Waals surface area contributed by atoms with Gasteiger partial charge in [0.15, 0.2) is 0 Å². The van der Waals surface area contributed by atoms with Crippen LogP contribution in [0.25, 0.3) is 0 Å². The molecule has 1 aromatic rings. The van der Waals surface area contributed by atoms with E-state index in [2.05, 4.69) is 12.1 Å². The Morgan fingerprint density at radius 2 is 1.88 bits per heavy atom. The predicted octanol–water partition coefficient (Wildman–Crippen LogP) is 2.91. The summed E-state index contributed by atoms with van der Waals surface area (Å²) >= 11 is 0. The number of hydrogen-bond acceptors (Lipinski definition) is 2. The second-order valence-corrected chi connectivity index (χ2v) is 3.12. The number of nitrogens with one attached hydrogen (secondary N) is 1. The largest absolute Gasteiger partial charge is 0.416 e. The highest BCUT2D eigenvalue weighted by atomic mass is 19.4. The predicted molar refractivity (Wildman–Crippen MR) is 54.4 cm³/mol. The van der Waals surface area contributed by atoms with Crippen molar-refractivity contribution in [1.29, 1.82) is 0 Å². The summed E-state index contributed by atoms with van der Waals surface area (Å²) in [6.07, 6.45) is -2.72. The topological polar surface area (TPSA) is 21.3 Å². The fraction of sp³-hybridized carbons (Fsp3) is 0.273. The molecule has 5 heteroatoms. The van der Waals surface area contributed by atoms with E-state index in [4.69, 9.17) is 4.84 Å². The van der Waals surface area contributed by atoms with Gasteiger partial charge in [0.1, 0.15) is 0 Å². The van der Waals surface area contributed by atoms with E-state index in [0.717, 1.165) is 17.7 Å². The third-order valence-electron chi connectivity index (χ3n) is 1.86. The van der Waals surface area contributed by atoms with Crippen LogP contribution in [0.4, 0.5) is 13.2 Å². The monoisotopic (exact) mass is 231 g/mol. The zero-order chi connectivity index (χ0) is 12.0. The van der Waals surface area contributed by atoms with Crippen molar-refractivity contribution in [2.24, 2.45) is 0 Å². The third-order valence-corrected chi connectivity index (χ3v) is 1.86. The van der Waals surface area contributed by atoms with E-state index in [1.807, 2.05) is 0 Å². The maximum atomic E-state index is 12.2. The highest BCUT2D eigenvalue weighted by Crippen LogP contribution is 2.28. The Bertz CT molecular complexity index is 332. The zero-order valence-corrected chi connectivity index (χ0v) is 8.55. The fourth-order valence-corrected chi connectivity index (χ4v) is 1.06. The van der Waals surface area contributed by atoms with Crippen LogP contribution in [0.15, 0.2) is 36.9 Å². The van der Waals surface area contributed by atoms with Gasteiger partial charge in [-0.05, 0) is 17.7 Å². The summed E-state index contributed by atoms with van der Waals surface area (Å²) in [6, 6.07) is 4.91. The Morgan fingerprint density at radius 3 is 2.38 bits per heavy atom. The lowest BCUT2D eigenvalue weighted by atomic mass is 10.1. The minimum absolute atomic E-state index is 0.348. The number of halogens is 3. The van der Waals surface area contributed by atoms with Crippen molar-refractivity contribution < 1.29 is 18.0 Å². The van der Waals surface area contributed by atoms with Crippen LogP contribution in [0.2, 0.25) is 0 Å². The Hall–Kier alpha value is -1.33. The average Bonchev–Trinajstić information content (AvgIpc) is 2.24. The van der Waals surface area contributed by atoms with Crippen molar-refractivity contribution in [3.05, 3.63) is 48.0 Å². The molecule has 0 heterocycles.